The smallest absolute Gasteiger partial charge is 0.317 e. The molecule has 0 radical (unpaired) electrons. The summed E-state index contributed by atoms with van der Waals surface area (Å²) in [6.07, 6.45) is 0. The maximum absolute atomic E-state index is 11.3. The van der Waals surface area contributed by atoms with Crippen LogP contribution in [0, 0.1) is 5.92 Å². The third kappa shape index (κ3) is 6.76. The van der Waals surface area contributed by atoms with Crippen molar-refractivity contribution in [3.05, 3.63) is 0 Å². The second-order valence-electron chi connectivity index (χ2n) is 3.89. The first kappa shape index (κ1) is 13.7. The van der Waals surface area contributed by atoms with E-state index in [-0.39, 0.29) is 18.5 Å². The summed E-state index contributed by atoms with van der Waals surface area (Å²) in [5.41, 5.74) is 0. The Labute approximate surface area is 91.2 Å². The van der Waals surface area contributed by atoms with Crippen molar-refractivity contribution in [3.8, 4) is 0 Å². The summed E-state index contributed by atoms with van der Waals surface area (Å²) in [4.78, 5) is 23.9. The average molecular weight is 215 g/mol. The van der Waals surface area contributed by atoms with Gasteiger partial charge in [0.05, 0.1) is 0 Å². The van der Waals surface area contributed by atoms with E-state index >= 15 is 0 Å². The lowest BCUT2D eigenvalue weighted by Gasteiger charge is -2.17. The number of nitrogens with one attached hydrogen (secondary N) is 2. The van der Waals surface area contributed by atoms with Gasteiger partial charge in [-0.2, -0.15) is 0 Å². The van der Waals surface area contributed by atoms with Crippen molar-refractivity contribution < 1.29 is 9.59 Å². The summed E-state index contributed by atoms with van der Waals surface area (Å²) in [7, 11) is 1.60. The molecule has 0 bridgehead atoms. The maximum Gasteiger partial charge on any atom is 0.317 e. The summed E-state index contributed by atoms with van der Waals surface area (Å²) in [6, 6.07) is -0.225. The van der Waals surface area contributed by atoms with Gasteiger partial charge < -0.3 is 15.5 Å². The first-order valence-electron chi connectivity index (χ1n) is 5.23. The molecule has 88 valence electrons. The van der Waals surface area contributed by atoms with Crippen LogP contribution >= 0.6 is 0 Å². The maximum atomic E-state index is 11.3. The summed E-state index contributed by atoms with van der Waals surface area (Å²) in [6.45, 7) is 7.18. The molecular weight excluding hydrogens is 194 g/mol. The van der Waals surface area contributed by atoms with Crippen molar-refractivity contribution >= 4 is 11.9 Å². The largest absolute Gasteiger partial charge is 0.354 e. The van der Waals surface area contributed by atoms with Gasteiger partial charge in [-0.05, 0) is 12.8 Å². The van der Waals surface area contributed by atoms with Crippen molar-refractivity contribution in [1.29, 1.82) is 0 Å². The van der Waals surface area contributed by atoms with Crippen molar-refractivity contribution in [3.63, 3.8) is 0 Å². The lowest BCUT2D eigenvalue weighted by Crippen LogP contribution is -2.43. The third-order valence-electron chi connectivity index (χ3n) is 1.76. The molecule has 0 aromatic heterocycles. The first-order chi connectivity index (χ1) is 6.97. The van der Waals surface area contributed by atoms with Crippen LogP contribution in [0.4, 0.5) is 4.79 Å². The van der Waals surface area contributed by atoms with Crippen LogP contribution in [0.3, 0.4) is 0 Å². The lowest BCUT2D eigenvalue weighted by molar-refractivity contribution is -0.121. The molecule has 0 aliphatic heterocycles. The minimum Gasteiger partial charge on any atom is -0.354 e. The Kier molecular flexibility index (Phi) is 6.49. The number of hydrogen-bond acceptors (Lipinski definition) is 2. The Balaban J connectivity index is 3.80. The van der Waals surface area contributed by atoms with Crippen LogP contribution in [0.1, 0.15) is 20.8 Å². The topological polar surface area (TPSA) is 61.4 Å². The number of amides is 3. The van der Waals surface area contributed by atoms with E-state index in [9.17, 15) is 9.59 Å². The molecule has 0 aromatic carbocycles. The van der Waals surface area contributed by atoms with Gasteiger partial charge in [-0.15, -0.1) is 0 Å². The molecule has 3 amide bonds. The molecule has 0 spiro atoms. The van der Waals surface area contributed by atoms with Gasteiger partial charge >= 0.3 is 6.03 Å². The predicted molar refractivity (Wildman–Crippen MR) is 59.6 cm³/mol. The highest BCUT2D eigenvalue weighted by atomic mass is 16.2. The Morgan fingerprint density at radius 2 is 1.87 bits per heavy atom. The quantitative estimate of drug-likeness (QED) is 0.698. The van der Waals surface area contributed by atoms with Gasteiger partial charge in [0.1, 0.15) is 6.54 Å². The van der Waals surface area contributed by atoms with Crippen LogP contribution in [0.15, 0.2) is 0 Å². The van der Waals surface area contributed by atoms with Crippen LogP contribution in [-0.4, -0.2) is 43.5 Å². The highest BCUT2D eigenvalue weighted by Crippen LogP contribution is 1.88. The standard InChI is InChI=1S/C10H21N3O2/c1-5-11-10(15)13(4)7-9(14)12-6-8(2)3/h8H,5-7H2,1-4H3,(H,11,15)(H,12,14). The van der Waals surface area contributed by atoms with Crippen molar-refractivity contribution in [2.45, 2.75) is 20.8 Å². The molecule has 0 aromatic rings. The second kappa shape index (κ2) is 7.09. The normalized spacial score (nSPS) is 9.93. The molecule has 0 unspecified atom stereocenters. The van der Waals surface area contributed by atoms with Crippen molar-refractivity contribution in [2.75, 3.05) is 26.7 Å². The Morgan fingerprint density at radius 3 is 2.33 bits per heavy atom. The lowest BCUT2D eigenvalue weighted by atomic mass is 10.2. The molecule has 15 heavy (non-hydrogen) atoms. The van der Waals surface area contributed by atoms with E-state index in [2.05, 4.69) is 10.6 Å². The monoisotopic (exact) mass is 215 g/mol. The fourth-order valence-corrected chi connectivity index (χ4v) is 0.947. The van der Waals surface area contributed by atoms with E-state index in [1.807, 2.05) is 20.8 Å². The highest BCUT2D eigenvalue weighted by molar-refractivity contribution is 5.83. The number of carbonyl (C=O) groups excluding carboxylic acids is 2. The molecule has 0 atom stereocenters. The summed E-state index contributed by atoms with van der Waals surface area (Å²) < 4.78 is 0. The Morgan fingerprint density at radius 1 is 1.27 bits per heavy atom. The minimum absolute atomic E-state index is 0.0958. The Bertz CT molecular complexity index is 217. The molecule has 5 heteroatoms. The van der Waals surface area contributed by atoms with Crippen molar-refractivity contribution in [1.82, 2.24) is 15.5 Å². The Hall–Kier alpha value is -1.26. The van der Waals surface area contributed by atoms with Crippen LogP contribution in [0.25, 0.3) is 0 Å². The van der Waals surface area contributed by atoms with E-state index < -0.39 is 0 Å². The van der Waals surface area contributed by atoms with Gasteiger partial charge in [0.2, 0.25) is 5.91 Å². The fourth-order valence-electron chi connectivity index (χ4n) is 0.947. The first-order valence-corrected chi connectivity index (χ1v) is 5.23. The third-order valence-corrected chi connectivity index (χ3v) is 1.76. The summed E-state index contributed by atoms with van der Waals surface area (Å²) in [5, 5.41) is 5.37. The number of urea groups is 1. The van der Waals surface area contributed by atoms with Gasteiger partial charge in [0.15, 0.2) is 0 Å². The van der Waals surface area contributed by atoms with Crippen molar-refractivity contribution in [2.24, 2.45) is 5.92 Å². The van der Waals surface area contributed by atoms with E-state index in [0.29, 0.717) is 19.0 Å². The summed E-state index contributed by atoms with van der Waals surface area (Å²) in [5.74, 6) is 0.293. The zero-order valence-electron chi connectivity index (χ0n) is 9.96. The zero-order valence-corrected chi connectivity index (χ0v) is 9.96. The van der Waals surface area contributed by atoms with Crippen LogP contribution in [0.5, 0.6) is 0 Å². The van der Waals surface area contributed by atoms with E-state index in [4.69, 9.17) is 0 Å². The zero-order chi connectivity index (χ0) is 11.8. The number of nitrogens with zero attached hydrogens (tertiary/aromatic N) is 1. The van der Waals surface area contributed by atoms with E-state index in [1.54, 1.807) is 7.05 Å². The summed E-state index contributed by atoms with van der Waals surface area (Å²) >= 11 is 0. The molecule has 0 aliphatic rings. The molecule has 0 aliphatic carbocycles. The number of hydrogen-bond donors (Lipinski definition) is 2. The number of carbonyl (C=O) groups is 2. The van der Waals surface area contributed by atoms with Gasteiger partial charge in [-0.3, -0.25) is 4.79 Å². The number of likely N-dealkylation sites (N-methyl/N-ethyl adjacent to an activating group) is 1. The molecule has 2 N–H and O–H groups in total. The molecule has 0 fully saturated rings. The predicted octanol–water partition coefficient (Wildman–Crippen LogP) is 0.420. The minimum atomic E-state index is -0.225. The van der Waals surface area contributed by atoms with Crippen LogP contribution < -0.4 is 10.6 Å². The SMILES string of the molecule is CCNC(=O)N(C)CC(=O)NCC(C)C. The molecule has 0 saturated heterocycles. The van der Waals surface area contributed by atoms with Gasteiger partial charge in [-0.25, -0.2) is 4.79 Å². The average Bonchev–Trinajstić information content (AvgIpc) is 2.15. The molecule has 0 saturated carbocycles. The van der Waals surface area contributed by atoms with E-state index in [1.165, 1.54) is 4.90 Å². The van der Waals surface area contributed by atoms with Gasteiger partial charge in [0.25, 0.3) is 0 Å². The van der Waals surface area contributed by atoms with E-state index in [0.717, 1.165) is 0 Å². The highest BCUT2D eigenvalue weighted by Gasteiger charge is 2.11. The second-order valence-corrected chi connectivity index (χ2v) is 3.89. The number of rotatable bonds is 5. The van der Waals surface area contributed by atoms with Gasteiger partial charge in [0, 0.05) is 20.1 Å². The molecular formula is C10H21N3O2. The van der Waals surface area contributed by atoms with Crippen LogP contribution in [-0.2, 0) is 4.79 Å². The fraction of sp³-hybridized carbons (Fsp3) is 0.800. The molecule has 0 heterocycles. The van der Waals surface area contributed by atoms with Gasteiger partial charge in [-0.1, -0.05) is 13.8 Å². The molecule has 5 nitrogen and oxygen atoms in total. The van der Waals surface area contributed by atoms with Crippen LogP contribution in [0.2, 0.25) is 0 Å². The molecule has 0 rings (SSSR count).